The maximum absolute atomic E-state index is 12.3. The molecule has 0 aliphatic rings. The average Bonchev–Trinajstić information content (AvgIpc) is 1.99. The number of hydrogen-bond donors (Lipinski definition) is 1. The molecule has 0 heterocycles. The fraction of sp³-hybridized carbons (Fsp3) is 0. The first-order chi connectivity index (χ1) is 5.52. The van der Waals surface area contributed by atoms with E-state index in [0.29, 0.717) is 12.1 Å². The van der Waals surface area contributed by atoms with Crippen molar-refractivity contribution < 1.29 is 21.9 Å². The Morgan fingerprint density at radius 3 is 1.92 bits per heavy atom. The van der Waals surface area contributed by atoms with Crippen LogP contribution in [0.5, 0.6) is 0 Å². The first-order valence-corrected chi connectivity index (χ1v) is 3.88. The summed E-state index contributed by atoms with van der Waals surface area (Å²) >= 11 is -2.50. The molecule has 0 aliphatic heterocycles. The summed E-state index contributed by atoms with van der Waals surface area (Å²) in [4.78, 5) is -0.508. The fourth-order valence-electron chi connectivity index (χ4n) is 0.633. The molecular weight excluding hydrogens is 193 g/mol. The zero-order valence-electron chi connectivity index (χ0n) is 5.55. The van der Waals surface area contributed by atoms with E-state index >= 15 is 0 Å². The fourth-order valence-corrected chi connectivity index (χ4v) is 1.04. The molecule has 0 fully saturated rings. The summed E-state index contributed by atoms with van der Waals surface area (Å²) < 4.78 is 55.6. The largest absolute Gasteiger partial charge is 0.302 e. The van der Waals surface area contributed by atoms with E-state index < -0.39 is 33.4 Å². The van der Waals surface area contributed by atoms with Crippen LogP contribution in [0, 0.1) is 17.5 Å². The van der Waals surface area contributed by atoms with E-state index in [4.69, 9.17) is 4.55 Å². The highest BCUT2D eigenvalue weighted by Crippen LogP contribution is 2.15. The summed E-state index contributed by atoms with van der Waals surface area (Å²) in [5.41, 5.74) is 0. The number of benzene rings is 1. The van der Waals surface area contributed by atoms with Crippen LogP contribution >= 0.6 is 0 Å². The molecule has 0 saturated carbocycles. The Morgan fingerprint density at radius 1 is 1.17 bits per heavy atom. The summed E-state index contributed by atoms with van der Waals surface area (Å²) in [6.45, 7) is 0. The summed E-state index contributed by atoms with van der Waals surface area (Å²) in [5, 5.41) is 0. The van der Waals surface area contributed by atoms with Gasteiger partial charge in [-0.1, -0.05) is 0 Å². The molecule has 1 aromatic carbocycles. The van der Waals surface area contributed by atoms with Crippen molar-refractivity contribution in [1.29, 1.82) is 0 Å². The molecule has 1 atom stereocenters. The van der Waals surface area contributed by atoms with E-state index in [0.717, 1.165) is 0 Å². The lowest BCUT2D eigenvalue weighted by Gasteiger charge is -1.97. The van der Waals surface area contributed by atoms with Crippen molar-refractivity contribution in [1.82, 2.24) is 0 Å². The van der Waals surface area contributed by atoms with E-state index in [1.165, 1.54) is 0 Å². The van der Waals surface area contributed by atoms with Gasteiger partial charge in [-0.25, -0.2) is 17.4 Å². The first-order valence-electron chi connectivity index (χ1n) is 2.78. The van der Waals surface area contributed by atoms with Crippen LogP contribution in [-0.2, 0) is 11.1 Å². The first kappa shape index (κ1) is 9.21. The summed E-state index contributed by atoms with van der Waals surface area (Å²) in [5.74, 6) is -4.61. The molecule has 1 unspecified atom stereocenters. The average molecular weight is 196 g/mol. The molecule has 2 nitrogen and oxygen atoms in total. The van der Waals surface area contributed by atoms with Crippen molar-refractivity contribution in [2.75, 3.05) is 0 Å². The molecule has 1 rings (SSSR count). The van der Waals surface area contributed by atoms with Gasteiger partial charge in [-0.15, -0.1) is 0 Å². The SMILES string of the molecule is O=S(O)c1cc(F)c(F)c(F)c1. The van der Waals surface area contributed by atoms with Gasteiger partial charge in [0.05, 0.1) is 4.90 Å². The third-order valence-electron chi connectivity index (χ3n) is 1.16. The Kier molecular flexibility index (Phi) is 2.49. The van der Waals surface area contributed by atoms with Crippen molar-refractivity contribution in [3.05, 3.63) is 29.6 Å². The molecule has 1 aromatic rings. The summed E-state index contributed by atoms with van der Waals surface area (Å²) in [6, 6.07) is 0.934. The minimum Gasteiger partial charge on any atom is -0.302 e. The Hall–Kier alpha value is -0.880. The van der Waals surface area contributed by atoms with Crippen LogP contribution in [0.4, 0.5) is 13.2 Å². The number of halogens is 3. The van der Waals surface area contributed by atoms with E-state index in [1.807, 2.05) is 0 Å². The lowest BCUT2D eigenvalue weighted by molar-refractivity contribution is 0.442. The van der Waals surface area contributed by atoms with E-state index in [1.54, 1.807) is 0 Å². The van der Waals surface area contributed by atoms with Gasteiger partial charge in [0.1, 0.15) is 0 Å². The molecule has 0 aromatic heterocycles. The maximum atomic E-state index is 12.3. The third-order valence-corrected chi connectivity index (χ3v) is 1.80. The van der Waals surface area contributed by atoms with Crippen LogP contribution in [0.1, 0.15) is 0 Å². The Labute approximate surface area is 68.3 Å². The van der Waals surface area contributed by atoms with E-state index in [9.17, 15) is 17.4 Å². The number of hydrogen-bond acceptors (Lipinski definition) is 1. The summed E-state index contributed by atoms with van der Waals surface area (Å²) in [7, 11) is 0. The van der Waals surface area contributed by atoms with Crippen molar-refractivity contribution in [2.45, 2.75) is 4.90 Å². The van der Waals surface area contributed by atoms with Crippen molar-refractivity contribution in [3.8, 4) is 0 Å². The zero-order chi connectivity index (χ0) is 9.30. The molecule has 0 aliphatic carbocycles. The van der Waals surface area contributed by atoms with Crippen molar-refractivity contribution in [2.24, 2.45) is 0 Å². The molecule has 66 valence electrons. The van der Waals surface area contributed by atoms with Gasteiger partial charge in [0.15, 0.2) is 28.5 Å². The highest BCUT2D eigenvalue weighted by Gasteiger charge is 2.12. The second-order valence-corrected chi connectivity index (χ2v) is 2.92. The smallest absolute Gasteiger partial charge is 0.194 e. The second kappa shape index (κ2) is 3.24. The maximum Gasteiger partial charge on any atom is 0.194 e. The quantitative estimate of drug-likeness (QED) is 0.548. The van der Waals surface area contributed by atoms with Crippen molar-refractivity contribution in [3.63, 3.8) is 0 Å². The van der Waals surface area contributed by atoms with Crippen LogP contribution in [0.25, 0.3) is 0 Å². The topological polar surface area (TPSA) is 37.3 Å². The van der Waals surface area contributed by atoms with Crippen LogP contribution < -0.4 is 0 Å². The summed E-state index contributed by atoms with van der Waals surface area (Å²) in [6.07, 6.45) is 0. The molecule has 0 radical (unpaired) electrons. The zero-order valence-corrected chi connectivity index (χ0v) is 6.37. The molecule has 12 heavy (non-hydrogen) atoms. The Bertz CT molecular complexity index is 317. The van der Waals surface area contributed by atoms with Crippen LogP contribution in [0.2, 0.25) is 0 Å². The minimum atomic E-state index is -2.50. The second-order valence-electron chi connectivity index (χ2n) is 1.95. The lowest BCUT2D eigenvalue weighted by Crippen LogP contribution is -1.96. The lowest BCUT2D eigenvalue weighted by atomic mass is 10.3. The van der Waals surface area contributed by atoms with Crippen molar-refractivity contribution >= 4 is 11.1 Å². The molecule has 1 N–H and O–H groups in total. The molecule has 6 heteroatoms. The van der Waals surface area contributed by atoms with Gasteiger partial charge in [-0.2, -0.15) is 0 Å². The monoisotopic (exact) mass is 196 g/mol. The number of rotatable bonds is 1. The predicted octanol–water partition coefficient (Wildman–Crippen LogP) is 1.68. The molecule has 0 amide bonds. The third kappa shape index (κ3) is 1.64. The Morgan fingerprint density at radius 2 is 1.58 bits per heavy atom. The van der Waals surface area contributed by atoms with Gasteiger partial charge < -0.3 is 4.55 Å². The van der Waals surface area contributed by atoms with Gasteiger partial charge in [0.25, 0.3) is 0 Å². The molecule has 0 saturated heterocycles. The van der Waals surface area contributed by atoms with Gasteiger partial charge in [0.2, 0.25) is 0 Å². The molecular formula is C6H3F3O2S. The highest BCUT2D eigenvalue weighted by atomic mass is 32.2. The van der Waals surface area contributed by atoms with Crippen LogP contribution in [0.3, 0.4) is 0 Å². The van der Waals surface area contributed by atoms with E-state index in [-0.39, 0.29) is 0 Å². The normalized spacial score (nSPS) is 13.0. The minimum absolute atomic E-state index is 0.467. The van der Waals surface area contributed by atoms with Crippen LogP contribution in [0.15, 0.2) is 17.0 Å². The van der Waals surface area contributed by atoms with Gasteiger partial charge in [-0.3, -0.25) is 0 Å². The van der Waals surface area contributed by atoms with Gasteiger partial charge in [-0.05, 0) is 12.1 Å². The standard InChI is InChI=1S/C6H3F3O2S/c7-4-1-3(12(10)11)2-5(8)6(4)9/h1-2H,(H,10,11). The van der Waals surface area contributed by atoms with Gasteiger partial charge >= 0.3 is 0 Å². The van der Waals surface area contributed by atoms with E-state index in [2.05, 4.69) is 0 Å². The Balaban J connectivity index is 3.31. The molecule has 0 spiro atoms. The van der Waals surface area contributed by atoms with Crippen LogP contribution in [-0.4, -0.2) is 8.76 Å². The highest BCUT2D eigenvalue weighted by molar-refractivity contribution is 7.79. The van der Waals surface area contributed by atoms with Gasteiger partial charge in [0, 0.05) is 0 Å². The predicted molar refractivity (Wildman–Crippen MR) is 35.4 cm³/mol. The molecule has 0 bridgehead atoms.